The minimum Gasteiger partial charge on any atom is -0.380 e. The van der Waals surface area contributed by atoms with Crippen molar-refractivity contribution >= 4 is 5.91 Å². The highest BCUT2D eigenvalue weighted by Gasteiger charge is 2.33. The lowest BCUT2D eigenvalue weighted by molar-refractivity contribution is -0.127. The second kappa shape index (κ2) is 4.45. The lowest BCUT2D eigenvalue weighted by Crippen LogP contribution is -2.51. The maximum atomic E-state index is 11.3. The molecule has 3 N–H and O–H groups in total. The van der Waals surface area contributed by atoms with Crippen LogP contribution in [-0.4, -0.2) is 31.7 Å². The van der Waals surface area contributed by atoms with Crippen LogP contribution in [0.3, 0.4) is 0 Å². The molecule has 0 spiro atoms. The predicted molar refractivity (Wildman–Crippen MR) is 53.4 cm³/mol. The van der Waals surface area contributed by atoms with Gasteiger partial charge < -0.3 is 15.8 Å². The average Bonchev–Trinajstić information content (AvgIpc) is 2.11. The van der Waals surface area contributed by atoms with E-state index < -0.39 is 6.04 Å². The van der Waals surface area contributed by atoms with Gasteiger partial charge in [-0.1, -0.05) is 6.92 Å². The van der Waals surface area contributed by atoms with Gasteiger partial charge in [0, 0.05) is 18.4 Å². The smallest absolute Gasteiger partial charge is 0.237 e. The molecular formula is C10H16N2O2. The Hall–Kier alpha value is -1.05. The lowest BCUT2D eigenvalue weighted by Gasteiger charge is -2.38. The molecule has 4 nitrogen and oxygen atoms in total. The molecule has 1 atom stereocenters. The van der Waals surface area contributed by atoms with Gasteiger partial charge in [-0.25, -0.2) is 0 Å². The number of amides is 1. The molecule has 78 valence electrons. The molecule has 4 heteroatoms. The summed E-state index contributed by atoms with van der Waals surface area (Å²) in [6.07, 6.45) is 5.33. The van der Waals surface area contributed by atoms with Crippen LogP contribution in [0.4, 0.5) is 0 Å². The molecule has 0 aromatic carbocycles. The summed E-state index contributed by atoms with van der Waals surface area (Å²) in [6.45, 7) is 4.04. The van der Waals surface area contributed by atoms with Crippen molar-refractivity contribution < 1.29 is 9.53 Å². The highest BCUT2D eigenvalue weighted by molar-refractivity contribution is 5.81. The van der Waals surface area contributed by atoms with Crippen LogP contribution >= 0.6 is 0 Å². The fourth-order valence-corrected chi connectivity index (χ4v) is 1.20. The highest BCUT2D eigenvalue weighted by Crippen LogP contribution is 2.24. The first-order valence-electron chi connectivity index (χ1n) is 4.62. The summed E-state index contributed by atoms with van der Waals surface area (Å²) in [5.74, 6) is 2.18. The van der Waals surface area contributed by atoms with E-state index in [1.165, 1.54) is 0 Å². The number of nitrogens with one attached hydrogen (secondary N) is 1. The number of nitrogens with two attached hydrogens (primary N) is 1. The number of rotatable bonds is 4. The number of terminal acetylenes is 1. The van der Waals surface area contributed by atoms with E-state index in [1.807, 2.05) is 0 Å². The molecular weight excluding hydrogens is 180 g/mol. The van der Waals surface area contributed by atoms with Crippen molar-refractivity contribution in [2.75, 3.05) is 19.8 Å². The van der Waals surface area contributed by atoms with E-state index in [2.05, 4.69) is 18.2 Å². The van der Waals surface area contributed by atoms with Gasteiger partial charge in [0.05, 0.1) is 19.3 Å². The van der Waals surface area contributed by atoms with E-state index in [9.17, 15) is 4.79 Å². The fourth-order valence-electron chi connectivity index (χ4n) is 1.20. The van der Waals surface area contributed by atoms with E-state index in [4.69, 9.17) is 16.9 Å². The van der Waals surface area contributed by atoms with E-state index in [-0.39, 0.29) is 17.7 Å². The Morgan fingerprint density at radius 1 is 1.79 bits per heavy atom. The minimum atomic E-state index is -0.593. The second-order valence-electron chi connectivity index (χ2n) is 4.04. The molecule has 1 heterocycles. The van der Waals surface area contributed by atoms with Crippen molar-refractivity contribution in [1.29, 1.82) is 0 Å². The topological polar surface area (TPSA) is 64.4 Å². The molecule has 1 amide bonds. The monoisotopic (exact) mass is 196 g/mol. The third-order valence-electron chi connectivity index (χ3n) is 2.26. The van der Waals surface area contributed by atoms with Gasteiger partial charge in [-0.3, -0.25) is 4.79 Å². The van der Waals surface area contributed by atoms with Crippen LogP contribution in [0.5, 0.6) is 0 Å². The first kappa shape index (κ1) is 11.0. The van der Waals surface area contributed by atoms with Crippen molar-refractivity contribution in [3.63, 3.8) is 0 Å². The van der Waals surface area contributed by atoms with Gasteiger partial charge in [-0.15, -0.1) is 12.3 Å². The Morgan fingerprint density at radius 3 is 2.86 bits per heavy atom. The van der Waals surface area contributed by atoms with E-state index in [0.717, 1.165) is 0 Å². The summed E-state index contributed by atoms with van der Waals surface area (Å²) in [4.78, 5) is 11.3. The second-order valence-corrected chi connectivity index (χ2v) is 4.04. The zero-order valence-corrected chi connectivity index (χ0v) is 8.38. The molecule has 0 aliphatic carbocycles. The Bertz CT molecular complexity index is 253. The molecule has 1 aliphatic rings. The molecule has 0 bridgehead atoms. The van der Waals surface area contributed by atoms with Gasteiger partial charge >= 0.3 is 0 Å². The van der Waals surface area contributed by atoms with Crippen molar-refractivity contribution in [2.24, 2.45) is 11.1 Å². The van der Waals surface area contributed by atoms with Gasteiger partial charge in [-0.2, -0.15) is 0 Å². The van der Waals surface area contributed by atoms with E-state index in [0.29, 0.717) is 19.8 Å². The van der Waals surface area contributed by atoms with Crippen molar-refractivity contribution in [3.05, 3.63) is 0 Å². The standard InChI is InChI=1S/C10H16N2O2/c1-3-4-8(11)9(13)12-5-10(2)6-14-7-10/h1,8H,4-7,11H2,2H3,(H,12,13). The molecule has 0 aromatic rings. The lowest BCUT2D eigenvalue weighted by atomic mass is 9.88. The Labute approximate surface area is 84.2 Å². The quantitative estimate of drug-likeness (QED) is 0.595. The molecule has 0 radical (unpaired) electrons. The predicted octanol–water partition coefficient (Wildman–Crippen LogP) is -0.510. The van der Waals surface area contributed by atoms with Crippen LogP contribution in [0.25, 0.3) is 0 Å². The van der Waals surface area contributed by atoms with Gasteiger partial charge in [0.1, 0.15) is 0 Å². The molecule has 0 saturated carbocycles. The normalized spacial score (nSPS) is 20.4. The molecule has 0 aromatic heterocycles. The van der Waals surface area contributed by atoms with E-state index in [1.54, 1.807) is 0 Å². The molecule has 1 fully saturated rings. The van der Waals surface area contributed by atoms with Crippen LogP contribution in [-0.2, 0) is 9.53 Å². The van der Waals surface area contributed by atoms with Gasteiger partial charge in [0.2, 0.25) is 5.91 Å². The van der Waals surface area contributed by atoms with Gasteiger partial charge in [0.25, 0.3) is 0 Å². The molecule has 14 heavy (non-hydrogen) atoms. The number of carbonyl (C=O) groups is 1. The Kier molecular flexibility index (Phi) is 3.50. The maximum absolute atomic E-state index is 11.3. The number of hydrogen-bond acceptors (Lipinski definition) is 3. The summed E-state index contributed by atoms with van der Waals surface area (Å²) in [6, 6.07) is -0.593. The van der Waals surface area contributed by atoms with Crippen LogP contribution in [0.15, 0.2) is 0 Å². The zero-order chi connectivity index (χ0) is 10.6. The highest BCUT2D eigenvalue weighted by atomic mass is 16.5. The van der Waals surface area contributed by atoms with Crippen molar-refractivity contribution in [1.82, 2.24) is 5.32 Å². The largest absolute Gasteiger partial charge is 0.380 e. The van der Waals surface area contributed by atoms with Crippen LogP contribution < -0.4 is 11.1 Å². The maximum Gasteiger partial charge on any atom is 0.237 e. The summed E-state index contributed by atoms with van der Waals surface area (Å²) >= 11 is 0. The summed E-state index contributed by atoms with van der Waals surface area (Å²) in [7, 11) is 0. The van der Waals surface area contributed by atoms with Gasteiger partial charge in [-0.05, 0) is 0 Å². The fraction of sp³-hybridized carbons (Fsp3) is 0.700. The third kappa shape index (κ3) is 2.72. The summed E-state index contributed by atoms with van der Waals surface area (Å²) < 4.78 is 5.06. The number of carbonyl (C=O) groups excluding carboxylic acids is 1. The molecule has 1 aliphatic heterocycles. The molecule has 1 unspecified atom stereocenters. The van der Waals surface area contributed by atoms with Crippen molar-refractivity contribution in [3.8, 4) is 12.3 Å². The average molecular weight is 196 g/mol. The van der Waals surface area contributed by atoms with Crippen LogP contribution in [0, 0.1) is 17.8 Å². The van der Waals surface area contributed by atoms with Crippen LogP contribution in [0.2, 0.25) is 0 Å². The van der Waals surface area contributed by atoms with Crippen molar-refractivity contribution in [2.45, 2.75) is 19.4 Å². The first-order valence-corrected chi connectivity index (χ1v) is 4.62. The first-order chi connectivity index (χ1) is 6.57. The SMILES string of the molecule is C#CCC(N)C(=O)NCC1(C)COC1. The minimum absolute atomic E-state index is 0.0749. The third-order valence-corrected chi connectivity index (χ3v) is 2.26. The van der Waals surface area contributed by atoms with Crippen LogP contribution in [0.1, 0.15) is 13.3 Å². The van der Waals surface area contributed by atoms with E-state index >= 15 is 0 Å². The molecule has 1 rings (SSSR count). The Balaban J connectivity index is 2.24. The number of hydrogen-bond donors (Lipinski definition) is 2. The zero-order valence-electron chi connectivity index (χ0n) is 8.38. The Morgan fingerprint density at radius 2 is 2.43 bits per heavy atom. The summed E-state index contributed by atoms with van der Waals surface area (Å²) in [5.41, 5.74) is 5.61. The van der Waals surface area contributed by atoms with Gasteiger partial charge in [0.15, 0.2) is 0 Å². The summed E-state index contributed by atoms with van der Waals surface area (Å²) in [5, 5.41) is 2.77. The molecule has 1 saturated heterocycles. The number of ether oxygens (including phenoxy) is 1.